The van der Waals surface area contributed by atoms with Crippen molar-refractivity contribution in [2.75, 3.05) is 0 Å². The van der Waals surface area contributed by atoms with E-state index in [4.69, 9.17) is 10.2 Å². The molecule has 0 heterocycles. The molecule has 0 spiro atoms. The van der Waals surface area contributed by atoms with Crippen LogP contribution in [0, 0.1) is 13.2 Å². The quantitative estimate of drug-likeness (QED) is 0.474. The van der Waals surface area contributed by atoms with E-state index < -0.39 is 6.29 Å². The molecular weight excluding hydrogens is 68.0 g/mol. The van der Waals surface area contributed by atoms with Crippen LogP contribution in [0.2, 0.25) is 0 Å². The monoisotopic (exact) mass is 74.0 g/mol. The summed E-state index contributed by atoms with van der Waals surface area (Å²) in [6.45, 7) is 3.15. The van der Waals surface area contributed by atoms with Gasteiger partial charge in [-0.25, -0.2) is 0 Å². The zero-order valence-electron chi connectivity index (χ0n) is 2.81. The molecule has 2 N–H and O–H groups in total. The number of rotatable bonds is 1. The third-order valence-electron chi connectivity index (χ3n) is 0.224. The third kappa shape index (κ3) is 3.92. The highest BCUT2D eigenvalue weighted by molar-refractivity contribution is 4.56. The summed E-state index contributed by atoms with van der Waals surface area (Å²) in [5, 5.41) is 15.5. The van der Waals surface area contributed by atoms with Gasteiger partial charge in [-0.3, -0.25) is 0 Å². The Morgan fingerprint density at radius 1 is 1.60 bits per heavy atom. The molecule has 0 aromatic carbocycles. The highest BCUT2D eigenvalue weighted by Gasteiger charge is 1.87. The average Bonchev–Trinajstić information content (AvgIpc) is 1.38. The summed E-state index contributed by atoms with van der Waals surface area (Å²) in [6, 6.07) is 0. The Balaban J connectivity index is 2.54. The van der Waals surface area contributed by atoms with Crippen LogP contribution in [0.3, 0.4) is 0 Å². The van der Waals surface area contributed by atoms with Gasteiger partial charge in [0, 0.05) is 6.42 Å². The molecule has 0 amide bonds. The first-order chi connectivity index (χ1) is 2.27. The number of hydrogen-bond acceptors (Lipinski definition) is 2. The minimum absolute atomic E-state index is 0.0833. The maximum absolute atomic E-state index is 7.77. The Labute approximate surface area is 31.1 Å². The van der Waals surface area contributed by atoms with Gasteiger partial charge in [-0.1, -0.05) is 0 Å². The molecule has 0 fully saturated rings. The molecule has 2 nitrogen and oxygen atoms in total. The van der Waals surface area contributed by atoms with Crippen LogP contribution in [-0.2, 0) is 0 Å². The second-order valence-corrected chi connectivity index (χ2v) is 0.666. The Hall–Kier alpha value is -0.0800. The largest absolute Gasteiger partial charge is 0.361 e. The second kappa shape index (κ2) is 2.18. The van der Waals surface area contributed by atoms with Crippen LogP contribution in [0.5, 0.6) is 0 Å². The minimum Gasteiger partial charge on any atom is -0.361 e. The van der Waals surface area contributed by atoms with E-state index in [2.05, 4.69) is 6.92 Å². The van der Waals surface area contributed by atoms with E-state index in [1.807, 2.05) is 0 Å². The molecule has 0 rings (SSSR count). The molecule has 30 valence electrons. The van der Waals surface area contributed by atoms with Crippen molar-refractivity contribution in [3.8, 4) is 0 Å². The molecule has 0 unspecified atom stereocenters. The summed E-state index contributed by atoms with van der Waals surface area (Å²) in [4.78, 5) is 0. The van der Waals surface area contributed by atoms with Crippen LogP contribution in [0.25, 0.3) is 0 Å². The predicted octanol–water partition coefficient (Wildman–Crippen LogP) is 0.445. The van der Waals surface area contributed by atoms with Crippen LogP contribution in [0.15, 0.2) is 0 Å². The lowest BCUT2D eigenvalue weighted by atomic mass is 10.5. The Kier molecular flexibility index (Phi) is 2.14. The topological polar surface area (TPSA) is 40.5 Å². The van der Waals surface area contributed by atoms with Crippen LogP contribution in [-0.4, -0.2) is 10.2 Å². The molecule has 0 aliphatic rings. The van der Waals surface area contributed by atoms with Crippen molar-refractivity contribution in [3.63, 3.8) is 0 Å². The lowest BCUT2D eigenvalue weighted by Gasteiger charge is -1.87. The predicted molar refractivity (Wildman–Crippen MR) is 17.1 cm³/mol. The fourth-order valence-corrected chi connectivity index (χ4v) is 0. The van der Waals surface area contributed by atoms with Crippen molar-refractivity contribution < 1.29 is 10.2 Å². The fraction of sp³-hybridized carbons (Fsp3) is 0.333. The SMILES string of the molecule is [CH2]C[C](O)O. The maximum atomic E-state index is 7.77. The Morgan fingerprint density at radius 3 is 1.80 bits per heavy atom. The lowest BCUT2D eigenvalue weighted by Crippen LogP contribution is -1.86. The fourth-order valence-electron chi connectivity index (χ4n) is 0. The molecule has 2 heteroatoms. The number of aliphatic hydroxyl groups is 2. The van der Waals surface area contributed by atoms with E-state index in [1.165, 1.54) is 0 Å². The molecule has 0 aromatic rings. The lowest BCUT2D eigenvalue weighted by molar-refractivity contribution is 0.0811. The minimum atomic E-state index is -0.606. The normalized spacial score (nSPS) is 9.60. The summed E-state index contributed by atoms with van der Waals surface area (Å²) in [6.07, 6.45) is -0.523. The molecular formula is C3H6O2. The molecule has 0 aromatic heterocycles. The van der Waals surface area contributed by atoms with Crippen molar-refractivity contribution in [3.05, 3.63) is 13.2 Å². The van der Waals surface area contributed by atoms with Gasteiger partial charge in [0.1, 0.15) is 0 Å². The smallest absolute Gasteiger partial charge is 0.218 e. The molecule has 0 atom stereocenters. The second-order valence-electron chi connectivity index (χ2n) is 0.666. The van der Waals surface area contributed by atoms with Gasteiger partial charge in [-0.05, 0) is 6.92 Å². The van der Waals surface area contributed by atoms with Gasteiger partial charge < -0.3 is 10.2 Å². The standard InChI is InChI=1S/C3H6O2/c1-2-3(4)5/h4-5H,1-2H2. The molecule has 0 saturated carbocycles. The van der Waals surface area contributed by atoms with Crippen molar-refractivity contribution in [1.82, 2.24) is 0 Å². The van der Waals surface area contributed by atoms with Gasteiger partial charge in [0.2, 0.25) is 6.29 Å². The van der Waals surface area contributed by atoms with Crippen molar-refractivity contribution in [2.45, 2.75) is 6.42 Å². The van der Waals surface area contributed by atoms with Crippen LogP contribution in [0.4, 0.5) is 0 Å². The molecule has 0 saturated heterocycles. The van der Waals surface area contributed by atoms with Crippen LogP contribution >= 0.6 is 0 Å². The van der Waals surface area contributed by atoms with E-state index in [1.54, 1.807) is 0 Å². The first-order valence-electron chi connectivity index (χ1n) is 1.30. The third-order valence-corrected chi connectivity index (χ3v) is 0.224. The van der Waals surface area contributed by atoms with Crippen LogP contribution < -0.4 is 0 Å². The molecule has 0 aliphatic heterocycles. The van der Waals surface area contributed by atoms with Gasteiger partial charge >= 0.3 is 0 Å². The van der Waals surface area contributed by atoms with Gasteiger partial charge in [-0.15, -0.1) is 0 Å². The van der Waals surface area contributed by atoms with E-state index >= 15 is 0 Å². The van der Waals surface area contributed by atoms with Crippen LogP contribution in [0.1, 0.15) is 6.42 Å². The first-order valence-corrected chi connectivity index (χ1v) is 1.30. The maximum Gasteiger partial charge on any atom is 0.218 e. The molecule has 2 radical (unpaired) electrons. The van der Waals surface area contributed by atoms with Crippen molar-refractivity contribution in [1.29, 1.82) is 0 Å². The first kappa shape index (κ1) is 4.92. The summed E-state index contributed by atoms with van der Waals surface area (Å²) >= 11 is 0. The summed E-state index contributed by atoms with van der Waals surface area (Å²) < 4.78 is 0. The summed E-state index contributed by atoms with van der Waals surface area (Å²) in [5.41, 5.74) is 0. The average molecular weight is 74.1 g/mol. The van der Waals surface area contributed by atoms with Gasteiger partial charge in [0.25, 0.3) is 0 Å². The Morgan fingerprint density at radius 2 is 1.80 bits per heavy atom. The van der Waals surface area contributed by atoms with Crippen molar-refractivity contribution >= 4 is 0 Å². The molecule has 5 heavy (non-hydrogen) atoms. The summed E-state index contributed by atoms with van der Waals surface area (Å²) in [5.74, 6) is 0. The van der Waals surface area contributed by atoms with Crippen molar-refractivity contribution in [2.24, 2.45) is 0 Å². The number of hydrogen-bond donors (Lipinski definition) is 2. The van der Waals surface area contributed by atoms with E-state index in [0.29, 0.717) is 0 Å². The van der Waals surface area contributed by atoms with Gasteiger partial charge in [0.15, 0.2) is 0 Å². The van der Waals surface area contributed by atoms with Gasteiger partial charge in [0.05, 0.1) is 0 Å². The van der Waals surface area contributed by atoms with E-state index in [9.17, 15) is 0 Å². The summed E-state index contributed by atoms with van der Waals surface area (Å²) in [7, 11) is 0. The zero-order chi connectivity index (χ0) is 4.28. The highest BCUT2D eigenvalue weighted by atomic mass is 16.5. The molecule has 0 bridgehead atoms. The number of aliphatic hydroxyl groups excluding tert-OH is 1. The Bertz CT molecular complexity index is 18.9. The van der Waals surface area contributed by atoms with E-state index in [-0.39, 0.29) is 6.42 Å². The van der Waals surface area contributed by atoms with E-state index in [0.717, 1.165) is 0 Å². The highest BCUT2D eigenvalue weighted by Crippen LogP contribution is 1.87. The van der Waals surface area contributed by atoms with Gasteiger partial charge in [-0.2, -0.15) is 0 Å². The molecule has 0 aliphatic carbocycles. The zero-order valence-corrected chi connectivity index (χ0v) is 2.81.